The third-order valence-electron chi connectivity index (χ3n) is 4.96. The van der Waals surface area contributed by atoms with Crippen molar-refractivity contribution in [3.63, 3.8) is 0 Å². The summed E-state index contributed by atoms with van der Waals surface area (Å²) < 4.78 is 27.5. The van der Waals surface area contributed by atoms with Gasteiger partial charge in [0, 0.05) is 31.9 Å². The summed E-state index contributed by atoms with van der Waals surface area (Å²) >= 11 is 0. The summed E-state index contributed by atoms with van der Waals surface area (Å²) in [6, 6.07) is 13.2. The first-order valence-electron chi connectivity index (χ1n) is 9.42. The quantitative estimate of drug-likeness (QED) is 0.836. The van der Waals surface area contributed by atoms with Crippen molar-refractivity contribution in [3.8, 4) is 0 Å². The van der Waals surface area contributed by atoms with E-state index in [0.29, 0.717) is 31.1 Å². The molecule has 1 aliphatic heterocycles. The second-order valence-electron chi connectivity index (χ2n) is 7.37. The second-order valence-corrected chi connectivity index (χ2v) is 9.27. The minimum atomic E-state index is -3.51. The maximum atomic E-state index is 13.0. The number of sulfonamides is 1. The standard InChI is InChI=1S/C21H27N3O3S/c1-16-5-4-6-19(13-16)22-21(25)15-23-9-11-24(12-10-23)28(26,27)20-14-17(2)7-8-18(20)3/h4-8,13-14H,9-12,15H2,1-3H3,(H,22,25). The predicted octanol–water partition coefficient (Wildman–Crippen LogP) is 2.56. The average molecular weight is 402 g/mol. The Hall–Kier alpha value is -2.22. The molecule has 3 rings (SSSR count). The monoisotopic (exact) mass is 401 g/mol. The van der Waals surface area contributed by atoms with E-state index in [1.807, 2.05) is 62.1 Å². The molecule has 7 heteroatoms. The minimum Gasteiger partial charge on any atom is -0.325 e. The Morgan fingerprint density at radius 1 is 0.964 bits per heavy atom. The molecule has 0 saturated carbocycles. The van der Waals surface area contributed by atoms with Crippen LogP contribution in [0.5, 0.6) is 0 Å². The van der Waals surface area contributed by atoms with Crippen molar-refractivity contribution < 1.29 is 13.2 Å². The van der Waals surface area contributed by atoms with Crippen LogP contribution in [0.2, 0.25) is 0 Å². The number of nitrogens with one attached hydrogen (secondary N) is 1. The highest BCUT2D eigenvalue weighted by Crippen LogP contribution is 2.22. The fourth-order valence-corrected chi connectivity index (χ4v) is 5.11. The lowest BCUT2D eigenvalue weighted by atomic mass is 10.2. The fraction of sp³-hybridized carbons (Fsp3) is 0.381. The van der Waals surface area contributed by atoms with Crippen molar-refractivity contribution in [1.82, 2.24) is 9.21 Å². The van der Waals surface area contributed by atoms with Crippen LogP contribution < -0.4 is 5.32 Å². The predicted molar refractivity (Wildman–Crippen MR) is 111 cm³/mol. The van der Waals surface area contributed by atoms with Gasteiger partial charge in [0.05, 0.1) is 11.4 Å². The normalized spacial score (nSPS) is 16.1. The fourth-order valence-electron chi connectivity index (χ4n) is 3.38. The molecule has 2 aromatic carbocycles. The van der Waals surface area contributed by atoms with Gasteiger partial charge in [-0.05, 0) is 55.7 Å². The van der Waals surface area contributed by atoms with Crippen LogP contribution in [-0.4, -0.2) is 56.3 Å². The molecule has 0 bridgehead atoms. The van der Waals surface area contributed by atoms with Gasteiger partial charge in [-0.1, -0.05) is 24.3 Å². The lowest BCUT2D eigenvalue weighted by Crippen LogP contribution is -2.50. The number of nitrogens with zero attached hydrogens (tertiary/aromatic N) is 2. The first-order valence-corrected chi connectivity index (χ1v) is 10.9. The first kappa shape index (κ1) is 20.5. The van der Waals surface area contributed by atoms with Crippen molar-refractivity contribution >= 4 is 21.6 Å². The molecule has 0 aromatic heterocycles. The van der Waals surface area contributed by atoms with Crippen molar-refractivity contribution in [1.29, 1.82) is 0 Å². The molecule has 1 fully saturated rings. The van der Waals surface area contributed by atoms with E-state index in [-0.39, 0.29) is 12.5 Å². The molecule has 1 saturated heterocycles. The zero-order chi connectivity index (χ0) is 20.3. The van der Waals surface area contributed by atoms with Crippen LogP contribution in [0.3, 0.4) is 0 Å². The van der Waals surface area contributed by atoms with Crippen LogP contribution in [0.25, 0.3) is 0 Å². The van der Waals surface area contributed by atoms with Crippen molar-refractivity contribution in [2.75, 3.05) is 38.0 Å². The maximum Gasteiger partial charge on any atom is 0.243 e. The highest BCUT2D eigenvalue weighted by Gasteiger charge is 2.30. The molecule has 28 heavy (non-hydrogen) atoms. The van der Waals surface area contributed by atoms with Crippen LogP contribution in [0.4, 0.5) is 5.69 Å². The molecule has 0 atom stereocenters. The van der Waals surface area contributed by atoms with Crippen LogP contribution in [-0.2, 0) is 14.8 Å². The number of rotatable bonds is 5. The third-order valence-corrected chi connectivity index (χ3v) is 7.00. The number of anilines is 1. The van der Waals surface area contributed by atoms with E-state index in [4.69, 9.17) is 0 Å². The highest BCUT2D eigenvalue weighted by atomic mass is 32.2. The van der Waals surface area contributed by atoms with E-state index < -0.39 is 10.0 Å². The number of hydrogen-bond acceptors (Lipinski definition) is 4. The van der Waals surface area contributed by atoms with E-state index in [1.165, 1.54) is 4.31 Å². The average Bonchev–Trinajstić information content (AvgIpc) is 2.64. The number of carbonyl (C=O) groups excluding carboxylic acids is 1. The highest BCUT2D eigenvalue weighted by molar-refractivity contribution is 7.89. The molecular formula is C21H27N3O3S. The number of amides is 1. The first-order chi connectivity index (χ1) is 13.3. The van der Waals surface area contributed by atoms with Crippen LogP contribution in [0, 0.1) is 20.8 Å². The molecular weight excluding hydrogens is 374 g/mol. The molecule has 150 valence electrons. The Morgan fingerprint density at radius 3 is 2.32 bits per heavy atom. The molecule has 6 nitrogen and oxygen atoms in total. The summed E-state index contributed by atoms with van der Waals surface area (Å²) in [4.78, 5) is 14.6. The number of carbonyl (C=O) groups is 1. The van der Waals surface area contributed by atoms with E-state index in [0.717, 1.165) is 22.4 Å². The van der Waals surface area contributed by atoms with Gasteiger partial charge in [0.15, 0.2) is 0 Å². The summed E-state index contributed by atoms with van der Waals surface area (Å²) in [5, 5.41) is 2.90. The van der Waals surface area contributed by atoms with Crippen LogP contribution in [0.15, 0.2) is 47.4 Å². The summed E-state index contributed by atoms with van der Waals surface area (Å²) in [6.07, 6.45) is 0. The molecule has 1 N–H and O–H groups in total. The van der Waals surface area contributed by atoms with Crippen molar-refractivity contribution in [3.05, 3.63) is 59.2 Å². The summed E-state index contributed by atoms with van der Waals surface area (Å²) in [5.41, 5.74) is 3.55. The molecule has 1 aliphatic rings. The second kappa shape index (κ2) is 8.43. The van der Waals surface area contributed by atoms with Gasteiger partial charge in [0.1, 0.15) is 0 Å². The van der Waals surface area contributed by atoms with Gasteiger partial charge in [-0.25, -0.2) is 8.42 Å². The summed E-state index contributed by atoms with van der Waals surface area (Å²) in [5.74, 6) is -0.0866. The Balaban J connectivity index is 1.58. The van der Waals surface area contributed by atoms with Gasteiger partial charge < -0.3 is 5.32 Å². The summed E-state index contributed by atoms with van der Waals surface area (Å²) in [7, 11) is -3.51. The molecule has 0 aliphatic carbocycles. The van der Waals surface area contributed by atoms with Gasteiger partial charge in [-0.15, -0.1) is 0 Å². The van der Waals surface area contributed by atoms with Gasteiger partial charge in [0.25, 0.3) is 0 Å². The van der Waals surface area contributed by atoms with E-state index in [2.05, 4.69) is 5.32 Å². The number of hydrogen-bond donors (Lipinski definition) is 1. The Morgan fingerprint density at radius 2 is 1.64 bits per heavy atom. The lowest BCUT2D eigenvalue weighted by molar-refractivity contribution is -0.117. The molecule has 1 amide bonds. The van der Waals surface area contributed by atoms with E-state index >= 15 is 0 Å². The molecule has 2 aromatic rings. The van der Waals surface area contributed by atoms with Gasteiger partial charge in [0.2, 0.25) is 15.9 Å². The van der Waals surface area contributed by atoms with Crippen molar-refractivity contribution in [2.24, 2.45) is 0 Å². The van der Waals surface area contributed by atoms with Gasteiger partial charge in [-0.3, -0.25) is 9.69 Å². The maximum absolute atomic E-state index is 13.0. The lowest BCUT2D eigenvalue weighted by Gasteiger charge is -2.33. The van der Waals surface area contributed by atoms with Gasteiger partial charge >= 0.3 is 0 Å². The van der Waals surface area contributed by atoms with E-state index in [1.54, 1.807) is 6.07 Å². The molecule has 0 spiro atoms. The third kappa shape index (κ3) is 4.79. The van der Waals surface area contributed by atoms with Crippen molar-refractivity contribution in [2.45, 2.75) is 25.7 Å². The van der Waals surface area contributed by atoms with E-state index in [9.17, 15) is 13.2 Å². The zero-order valence-electron chi connectivity index (χ0n) is 16.6. The molecule has 0 radical (unpaired) electrons. The van der Waals surface area contributed by atoms with Crippen LogP contribution in [0.1, 0.15) is 16.7 Å². The Bertz CT molecular complexity index is 965. The number of benzene rings is 2. The largest absolute Gasteiger partial charge is 0.325 e. The SMILES string of the molecule is Cc1cccc(NC(=O)CN2CCN(S(=O)(=O)c3cc(C)ccc3C)CC2)c1. The van der Waals surface area contributed by atoms with Gasteiger partial charge in [-0.2, -0.15) is 4.31 Å². The topological polar surface area (TPSA) is 69.7 Å². The number of aryl methyl sites for hydroxylation is 3. The zero-order valence-corrected chi connectivity index (χ0v) is 17.4. The number of piperazine rings is 1. The Labute approximate surface area is 167 Å². The minimum absolute atomic E-state index is 0.0866. The molecule has 0 unspecified atom stereocenters. The summed E-state index contributed by atoms with van der Waals surface area (Å²) in [6.45, 7) is 7.77. The molecule has 1 heterocycles. The Kier molecular flexibility index (Phi) is 6.17. The smallest absolute Gasteiger partial charge is 0.243 e. The van der Waals surface area contributed by atoms with Crippen LogP contribution >= 0.6 is 0 Å².